The van der Waals surface area contributed by atoms with Crippen molar-refractivity contribution in [3.8, 4) is 0 Å². The van der Waals surface area contributed by atoms with Crippen molar-refractivity contribution in [2.24, 2.45) is 0 Å². The van der Waals surface area contributed by atoms with Gasteiger partial charge >= 0.3 is 0 Å². The van der Waals surface area contributed by atoms with Gasteiger partial charge in [-0.15, -0.1) is 10.2 Å². The highest BCUT2D eigenvalue weighted by molar-refractivity contribution is 14.1. The number of halogens is 2. The molecule has 7 heteroatoms. The Hall–Kier alpha value is -0.730. The molecule has 1 amide bonds. The molecule has 0 radical (unpaired) electrons. The van der Waals surface area contributed by atoms with E-state index in [2.05, 4.69) is 38.1 Å². The molecule has 4 nitrogen and oxygen atoms in total. The largest absolute Gasteiger partial charge is 0.296 e. The molecular formula is C12H11ClIN3OS. The molecule has 0 atom stereocenters. The fourth-order valence-electron chi connectivity index (χ4n) is 1.36. The predicted octanol–water partition coefficient (Wildman–Crippen LogP) is 4.17. The molecule has 0 saturated heterocycles. The lowest BCUT2D eigenvalue weighted by Gasteiger charge is -2.04. The zero-order valence-electron chi connectivity index (χ0n) is 10.3. The number of hydrogen-bond acceptors (Lipinski definition) is 4. The first kappa shape index (κ1) is 14.7. The zero-order chi connectivity index (χ0) is 14.0. The van der Waals surface area contributed by atoms with Crippen LogP contribution in [0.3, 0.4) is 0 Å². The van der Waals surface area contributed by atoms with Gasteiger partial charge in [0.25, 0.3) is 5.91 Å². The van der Waals surface area contributed by atoms with E-state index in [9.17, 15) is 4.79 Å². The molecule has 1 aromatic carbocycles. The average Bonchev–Trinajstić information content (AvgIpc) is 2.77. The number of hydrogen-bond donors (Lipinski definition) is 1. The molecule has 0 unspecified atom stereocenters. The van der Waals surface area contributed by atoms with Gasteiger partial charge in [-0.25, -0.2) is 0 Å². The smallest absolute Gasteiger partial charge is 0.258 e. The van der Waals surface area contributed by atoms with Crippen molar-refractivity contribution in [1.29, 1.82) is 0 Å². The van der Waals surface area contributed by atoms with Crippen LogP contribution < -0.4 is 5.32 Å². The number of benzene rings is 1. The lowest BCUT2D eigenvalue weighted by molar-refractivity contribution is 0.102. The normalized spacial score (nSPS) is 10.8. The first-order chi connectivity index (χ1) is 8.97. The maximum atomic E-state index is 12.1. The van der Waals surface area contributed by atoms with E-state index < -0.39 is 0 Å². The third kappa shape index (κ3) is 3.64. The maximum absolute atomic E-state index is 12.1. The van der Waals surface area contributed by atoms with Gasteiger partial charge in [0.05, 0.1) is 5.56 Å². The van der Waals surface area contributed by atoms with Crippen LogP contribution in [-0.4, -0.2) is 16.1 Å². The number of nitrogens with zero attached hydrogens (tertiary/aromatic N) is 2. The van der Waals surface area contributed by atoms with Crippen molar-refractivity contribution >= 4 is 56.6 Å². The highest BCUT2D eigenvalue weighted by atomic mass is 127. The van der Waals surface area contributed by atoms with Crippen LogP contribution in [0.25, 0.3) is 0 Å². The van der Waals surface area contributed by atoms with Crippen molar-refractivity contribution < 1.29 is 4.79 Å². The van der Waals surface area contributed by atoms with Gasteiger partial charge in [-0.05, 0) is 40.8 Å². The van der Waals surface area contributed by atoms with E-state index >= 15 is 0 Å². The molecule has 2 rings (SSSR count). The molecule has 19 heavy (non-hydrogen) atoms. The Balaban J connectivity index is 2.16. The summed E-state index contributed by atoms with van der Waals surface area (Å²) in [5, 5.41) is 12.8. The van der Waals surface area contributed by atoms with Crippen LogP contribution in [0.15, 0.2) is 18.2 Å². The van der Waals surface area contributed by atoms with Crippen LogP contribution >= 0.6 is 45.5 Å². The molecule has 1 heterocycles. The van der Waals surface area contributed by atoms with Gasteiger partial charge in [-0.1, -0.05) is 36.8 Å². The summed E-state index contributed by atoms with van der Waals surface area (Å²) in [5.74, 6) is 0.103. The minimum Gasteiger partial charge on any atom is -0.296 e. The van der Waals surface area contributed by atoms with Crippen LogP contribution in [0.2, 0.25) is 5.02 Å². The second kappa shape index (κ2) is 6.15. The third-order valence-corrected chi connectivity index (χ3v) is 4.60. The molecule has 2 aromatic rings. The average molecular weight is 408 g/mol. The van der Waals surface area contributed by atoms with Crippen molar-refractivity contribution in [2.45, 2.75) is 19.8 Å². The van der Waals surface area contributed by atoms with Gasteiger partial charge in [0.15, 0.2) is 0 Å². The molecule has 1 aromatic heterocycles. The molecule has 100 valence electrons. The van der Waals surface area contributed by atoms with Gasteiger partial charge in [-0.2, -0.15) is 0 Å². The van der Waals surface area contributed by atoms with E-state index in [1.54, 1.807) is 18.2 Å². The Kier molecular flexibility index (Phi) is 4.75. The molecule has 0 bridgehead atoms. The summed E-state index contributed by atoms with van der Waals surface area (Å²) >= 11 is 9.34. The van der Waals surface area contributed by atoms with Crippen molar-refractivity contribution in [2.75, 3.05) is 5.32 Å². The fraction of sp³-hybridized carbons (Fsp3) is 0.250. The van der Waals surface area contributed by atoms with E-state index in [-0.39, 0.29) is 5.91 Å². The molecule has 0 aliphatic heterocycles. The van der Waals surface area contributed by atoms with Crippen molar-refractivity contribution in [3.05, 3.63) is 37.4 Å². The Morgan fingerprint density at radius 2 is 2.16 bits per heavy atom. The number of carbonyl (C=O) groups excluding carboxylic acids is 1. The molecule has 0 spiro atoms. The van der Waals surface area contributed by atoms with Gasteiger partial charge in [0.1, 0.15) is 5.01 Å². The van der Waals surface area contributed by atoms with Crippen molar-refractivity contribution in [1.82, 2.24) is 10.2 Å². The summed E-state index contributed by atoms with van der Waals surface area (Å²) < 4.78 is 0.802. The van der Waals surface area contributed by atoms with Gasteiger partial charge in [0, 0.05) is 14.5 Å². The van der Waals surface area contributed by atoms with Gasteiger partial charge in [-0.3, -0.25) is 10.1 Å². The van der Waals surface area contributed by atoms with Crippen LogP contribution in [-0.2, 0) is 0 Å². The van der Waals surface area contributed by atoms with Crippen LogP contribution in [0.5, 0.6) is 0 Å². The number of nitrogens with one attached hydrogen (secondary N) is 1. The quantitative estimate of drug-likeness (QED) is 0.777. The lowest BCUT2D eigenvalue weighted by atomic mass is 10.2. The number of anilines is 1. The second-order valence-electron chi connectivity index (χ2n) is 4.18. The number of rotatable bonds is 3. The highest BCUT2D eigenvalue weighted by Gasteiger charge is 2.14. The summed E-state index contributed by atoms with van der Waals surface area (Å²) in [6.45, 7) is 4.07. The Labute approximate surface area is 133 Å². The molecule has 0 fully saturated rings. The minimum absolute atomic E-state index is 0.201. The van der Waals surface area contributed by atoms with Gasteiger partial charge in [0.2, 0.25) is 5.13 Å². The number of amides is 1. The summed E-state index contributed by atoms with van der Waals surface area (Å²) in [7, 11) is 0. The Morgan fingerprint density at radius 3 is 2.74 bits per heavy atom. The first-order valence-corrected chi connectivity index (χ1v) is 7.84. The van der Waals surface area contributed by atoms with E-state index in [0.29, 0.717) is 21.6 Å². The second-order valence-corrected chi connectivity index (χ2v) is 6.79. The summed E-state index contributed by atoms with van der Waals surface area (Å²) in [6.07, 6.45) is 0. The Bertz CT molecular complexity index is 615. The summed E-state index contributed by atoms with van der Waals surface area (Å²) in [5.41, 5.74) is 0.575. The van der Waals surface area contributed by atoms with Crippen LogP contribution in [0.1, 0.15) is 35.1 Å². The maximum Gasteiger partial charge on any atom is 0.258 e. The summed E-state index contributed by atoms with van der Waals surface area (Å²) in [4.78, 5) is 12.1. The van der Waals surface area contributed by atoms with Crippen LogP contribution in [0, 0.1) is 3.57 Å². The zero-order valence-corrected chi connectivity index (χ0v) is 14.0. The van der Waals surface area contributed by atoms with E-state index in [1.807, 2.05) is 13.8 Å². The minimum atomic E-state index is -0.201. The highest BCUT2D eigenvalue weighted by Crippen LogP contribution is 2.24. The van der Waals surface area contributed by atoms with Crippen LogP contribution in [0.4, 0.5) is 5.13 Å². The topological polar surface area (TPSA) is 54.9 Å². The molecule has 0 aliphatic carbocycles. The monoisotopic (exact) mass is 407 g/mol. The fourth-order valence-corrected chi connectivity index (χ4v) is 3.21. The van der Waals surface area contributed by atoms with E-state index in [4.69, 9.17) is 11.6 Å². The summed E-state index contributed by atoms with van der Waals surface area (Å²) in [6, 6.07) is 5.14. The third-order valence-electron chi connectivity index (χ3n) is 2.33. The molecule has 0 saturated carbocycles. The predicted molar refractivity (Wildman–Crippen MR) is 86.1 cm³/mol. The Morgan fingerprint density at radius 1 is 1.42 bits per heavy atom. The van der Waals surface area contributed by atoms with Crippen molar-refractivity contribution in [3.63, 3.8) is 0 Å². The van der Waals surface area contributed by atoms with E-state index in [1.165, 1.54) is 11.3 Å². The number of aromatic nitrogens is 2. The molecular weight excluding hydrogens is 397 g/mol. The standard InChI is InChI=1S/C12H11ClIN3OS/c1-6(2)11-16-17-12(19-11)15-10(18)8-4-3-7(13)5-9(8)14/h3-6H,1-2H3,(H,15,17,18). The molecule has 1 N–H and O–H groups in total. The molecule has 0 aliphatic rings. The lowest BCUT2D eigenvalue weighted by Crippen LogP contribution is -2.13. The van der Waals surface area contributed by atoms with Gasteiger partial charge < -0.3 is 0 Å². The SMILES string of the molecule is CC(C)c1nnc(NC(=O)c2ccc(Cl)cc2I)s1. The van der Waals surface area contributed by atoms with E-state index in [0.717, 1.165) is 8.58 Å². The first-order valence-electron chi connectivity index (χ1n) is 5.57. The number of carbonyl (C=O) groups is 1.